The van der Waals surface area contributed by atoms with Gasteiger partial charge in [-0.2, -0.15) is 0 Å². The molecular weight excluding hydrogens is 411 g/mol. The van der Waals surface area contributed by atoms with Crippen molar-refractivity contribution in [3.63, 3.8) is 0 Å². The smallest absolute Gasteiger partial charge is 0.136 e. The molecule has 0 saturated heterocycles. The van der Waals surface area contributed by atoms with E-state index in [1.165, 1.54) is 44.9 Å². The van der Waals surface area contributed by atoms with Gasteiger partial charge in [0.1, 0.15) is 5.78 Å². The third kappa shape index (κ3) is 3.81. The minimum atomic E-state index is -0.0401. The molecule has 4 aliphatic carbocycles. The van der Waals surface area contributed by atoms with Crippen molar-refractivity contribution in [3.05, 3.63) is 0 Å². The molecule has 30 heavy (non-hydrogen) atoms. The zero-order valence-corrected chi connectivity index (χ0v) is 21.4. The number of fused-ring (bicyclic) bond motifs is 5. The van der Waals surface area contributed by atoms with Crippen LogP contribution in [0.25, 0.3) is 0 Å². The quantitative estimate of drug-likeness (QED) is 0.383. The zero-order valence-electron chi connectivity index (χ0n) is 19.9. The van der Waals surface area contributed by atoms with Crippen LogP contribution in [0.1, 0.15) is 98.8 Å². The van der Waals surface area contributed by atoms with Crippen molar-refractivity contribution >= 4 is 29.0 Å². The summed E-state index contributed by atoms with van der Waals surface area (Å²) in [6, 6.07) is 0. The Morgan fingerprint density at radius 3 is 2.37 bits per heavy atom. The third-order valence-corrected chi connectivity index (χ3v) is 11.7. The van der Waals surface area contributed by atoms with Gasteiger partial charge in [-0.15, -0.1) is 23.2 Å². The fraction of sp³-hybridized carbons (Fsp3) is 0.963. The van der Waals surface area contributed by atoms with Gasteiger partial charge >= 0.3 is 0 Å². The van der Waals surface area contributed by atoms with Crippen molar-refractivity contribution in [2.24, 2.45) is 52.3 Å². The third-order valence-electron chi connectivity index (χ3n) is 10.6. The molecule has 4 saturated carbocycles. The van der Waals surface area contributed by atoms with Crippen molar-refractivity contribution in [2.75, 3.05) is 0 Å². The number of alkyl halides is 2. The lowest BCUT2D eigenvalue weighted by Crippen LogP contribution is -2.58. The molecule has 0 radical (unpaired) electrons. The Hall–Kier alpha value is 0.250. The van der Waals surface area contributed by atoms with Crippen LogP contribution >= 0.6 is 23.2 Å². The molecule has 0 aromatic heterocycles. The Morgan fingerprint density at radius 1 is 0.967 bits per heavy atom. The van der Waals surface area contributed by atoms with Gasteiger partial charge in [0.05, 0.1) is 10.8 Å². The predicted octanol–water partition coefficient (Wildman–Crippen LogP) is 8.11. The van der Waals surface area contributed by atoms with E-state index in [9.17, 15) is 4.79 Å². The number of hydrogen-bond acceptors (Lipinski definition) is 1. The molecule has 0 N–H and O–H groups in total. The topological polar surface area (TPSA) is 17.1 Å². The van der Waals surface area contributed by atoms with Gasteiger partial charge < -0.3 is 0 Å². The molecule has 10 atom stereocenters. The lowest BCUT2D eigenvalue weighted by molar-refractivity contribution is -0.153. The molecule has 4 aliphatic rings. The molecule has 0 aromatic carbocycles. The van der Waals surface area contributed by atoms with Gasteiger partial charge in [0.25, 0.3) is 0 Å². The van der Waals surface area contributed by atoms with E-state index in [1.807, 2.05) is 0 Å². The second-order valence-corrected chi connectivity index (χ2v) is 13.7. The summed E-state index contributed by atoms with van der Waals surface area (Å²) in [6.07, 6.45) is 12.0. The van der Waals surface area contributed by atoms with E-state index in [0.717, 1.165) is 42.9 Å². The lowest BCUT2D eigenvalue weighted by Gasteiger charge is -2.61. The van der Waals surface area contributed by atoms with E-state index >= 15 is 0 Å². The second kappa shape index (κ2) is 8.55. The summed E-state index contributed by atoms with van der Waals surface area (Å²) < 4.78 is 0. The molecule has 0 unspecified atom stereocenters. The van der Waals surface area contributed by atoms with Crippen molar-refractivity contribution in [3.8, 4) is 0 Å². The van der Waals surface area contributed by atoms with Gasteiger partial charge in [-0.25, -0.2) is 0 Å². The molecule has 0 aromatic rings. The molecule has 0 aliphatic heterocycles. The van der Waals surface area contributed by atoms with Crippen LogP contribution in [-0.4, -0.2) is 16.5 Å². The predicted molar refractivity (Wildman–Crippen MR) is 128 cm³/mol. The van der Waals surface area contributed by atoms with Gasteiger partial charge in [-0.05, 0) is 84.9 Å². The molecule has 4 rings (SSSR count). The van der Waals surface area contributed by atoms with E-state index < -0.39 is 0 Å². The maximum atomic E-state index is 13.4. The summed E-state index contributed by atoms with van der Waals surface area (Å²) >= 11 is 13.2. The van der Waals surface area contributed by atoms with Crippen LogP contribution in [0.2, 0.25) is 0 Å². The lowest BCUT2D eigenvalue weighted by atomic mass is 9.44. The highest BCUT2D eigenvalue weighted by atomic mass is 35.5. The van der Waals surface area contributed by atoms with Crippen molar-refractivity contribution in [1.29, 1.82) is 0 Å². The highest BCUT2D eigenvalue weighted by Crippen LogP contribution is 2.68. The highest BCUT2D eigenvalue weighted by Gasteiger charge is 2.63. The van der Waals surface area contributed by atoms with E-state index in [-0.39, 0.29) is 22.1 Å². The molecule has 0 heterocycles. The molecule has 0 amide bonds. The molecule has 0 bridgehead atoms. The van der Waals surface area contributed by atoms with Crippen LogP contribution in [0.15, 0.2) is 0 Å². The Labute approximate surface area is 195 Å². The van der Waals surface area contributed by atoms with Crippen molar-refractivity contribution in [1.82, 2.24) is 0 Å². The summed E-state index contributed by atoms with van der Waals surface area (Å²) in [5.41, 5.74) is 0.506. The van der Waals surface area contributed by atoms with Crippen LogP contribution in [0.4, 0.5) is 0 Å². The first-order valence-corrected chi connectivity index (χ1v) is 13.8. The summed E-state index contributed by atoms with van der Waals surface area (Å²) in [5.74, 6) is 5.11. The van der Waals surface area contributed by atoms with Gasteiger partial charge in [0, 0.05) is 12.3 Å². The maximum absolute atomic E-state index is 13.4. The number of ketones is 1. The maximum Gasteiger partial charge on any atom is 0.136 e. The highest BCUT2D eigenvalue weighted by molar-refractivity contribution is 6.30. The summed E-state index contributed by atoms with van der Waals surface area (Å²) in [4.78, 5) is 13.4. The fourth-order valence-corrected chi connectivity index (χ4v) is 9.73. The van der Waals surface area contributed by atoms with E-state index in [4.69, 9.17) is 23.2 Å². The fourth-order valence-electron chi connectivity index (χ4n) is 9.03. The normalized spacial score (nSPS) is 49.5. The van der Waals surface area contributed by atoms with E-state index in [1.54, 1.807) is 0 Å². The van der Waals surface area contributed by atoms with Crippen LogP contribution in [0.3, 0.4) is 0 Å². The Kier molecular flexibility index (Phi) is 6.67. The molecule has 1 nitrogen and oxygen atoms in total. The average Bonchev–Trinajstić information content (AvgIpc) is 3.01. The second-order valence-electron chi connectivity index (χ2n) is 12.6. The Balaban J connectivity index is 1.52. The number of carbonyl (C=O) groups excluding carboxylic acids is 1. The van der Waals surface area contributed by atoms with Gasteiger partial charge in [-0.3, -0.25) is 4.79 Å². The summed E-state index contributed by atoms with van der Waals surface area (Å²) in [5, 5.41) is -0.0215. The molecule has 0 spiro atoms. The van der Waals surface area contributed by atoms with Crippen LogP contribution in [0, 0.1) is 52.3 Å². The standard InChI is InChI=1S/C27H44Cl2O/c1-16(2)7-6-8-17(3)19-9-10-20-18-13-25(30)22-14-23(28)24(29)15-27(22,5)21(18)11-12-26(19,20)4/h16-24H,6-15H2,1-5H3/t17-,18+,19-,20+,21+,22-,23-,24+,26-,27-/m1/s1. The van der Waals surface area contributed by atoms with Crippen LogP contribution < -0.4 is 0 Å². The monoisotopic (exact) mass is 454 g/mol. The first kappa shape index (κ1) is 23.4. The van der Waals surface area contributed by atoms with Crippen LogP contribution in [0.5, 0.6) is 0 Å². The van der Waals surface area contributed by atoms with Crippen LogP contribution in [-0.2, 0) is 4.79 Å². The average molecular weight is 456 g/mol. The van der Waals surface area contributed by atoms with Crippen molar-refractivity contribution in [2.45, 2.75) is 110 Å². The zero-order chi connectivity index (χ0) is 21.8. The van der Waals surface area contributed by atoms with Gasteiger partial charge in [0.2, 0.25) is 0 Å². The first-order chi connectivity index (χ1) is 14.1. The number of carbonyl (C=O) groups is 1. The Bertz CT molecular complexity index is 647. The van der Waals surface area contributed by atoms with E-state index in [0.29, 0.717) is 23.0 Å². The SMILES string of the molecule is CC(C)CCC[C@@H](C)[C@H]1CC[C@H]2[C@@H]3CC(=O)[C@H]4C[C@@H](Cl)[C@@H](Cl)C[C@]4(C)[C@H]3CC[C@]12C. The number of rotatable bonds is 5. The molecule has 4 fully saturated rings. The molecule has 3 heteroatoms. The summed E-state index contributed by atoms with van der Waals surface area (Å²) in [6.45, 7) is 12.2. The minimum Gasteiger partial charge on any atom is -0.299 e. The van der Waals surface area contributed by atoms with Gasteiger partial charge in [-0.1, -0.05) is 53.9 Å². The number of Topliss-reactive ketones (excluding diaryl/α,β-unsaturated/α-hetero) is 1. The first-order valence-electron chi connectivity index (χ1n) is 12.9. The molecule has 172 valence electrons. The Morgan fingerprint density at radius 2 is 1.67 bits per heavy atom. The number of halogens is 2. The summed E-state index contributed by atoms with van der Waals surface area (Å²) in [7, 11) is 0. The van der Waals surface area contributed by atoms with Crippen molar-refractivity contribution < 1.29 is 4.79 Å². The largest absolute Gasteiger partial charge is 0.299 e. The van der Waals surface area contributed by atoms with Gasteiger partial charge in [0.15, 0.2) is 0 Å². The van der Waals surface area contributed by atoms with E-state index in [2.05, 4.69) is 34.6 Å². The number of hydrogen-bond donors (Lipinski definition) is 0. The minimum absolute atomic E-state index is 0.0186. The molecular formula is C27H44Cl2O.